The zero-order valence-electron chi connectivity index (χ0n) is 14.4. The fourth-order valence-corrected chi connectivity index (χ4v) is 3.04. The lowest BCUT2D eigenvalue weighted by molar-refractivity contribution is -0.137. The maximum Gasteiger partial charge on any atom is 0.416 e. The zero-order valence-corrected chi connectivity index (χ0v) is 14.4. The van der Waals surface area contributed by atoms with Crippen LogP contribution in [0.15, 0.2) is 54.7 Å². The molecule has 0 N–H and O–H groups in total. The van der Waals surface area contributed by atoms with Crippen molar-refractivity contribution in [3.8, 4) is 22.4 Å². The molecule has 2 aromatic carbocycles. The molecular formula is C20H12F5N3. The van der Waals surface area contributed by atoms with Crippen molar-refractivity contribution in [2.75, 3.05) is 0 Å². The Kier molecular flexibility index (Phi) is 4.14. The third kappa shape index (κ3) is 3.11. The third-order valence-electron chi connectivity index (χ3n) is 4.37. The highest BCUT2D eigenvalue weighted by Crippen LogP contribution is 2.33. The van der Waals surface area contributed by atoms with Crippen LogP contribution in [0.2, 0.25) is 0 Å². The number of benzene rings is 2. The highest BCUT2D eigenvalue weighted by Gasteiger charge is 2.30. The predicted molar refractivity (Wildman–Crippen MR) is 93.5 cm³/mol. The number of rotatable bonds is 2. The van der Waals surface area contributed by atoms with E-state index in [9.17, 15) is 22.0 Å². The second-order valence-electron chi connectivity index (χ2n) is 6.24. The fourth-order valence-electron chi connectivity index (χ4n) is 3.04. The van der Waals surface area contributed by atoms with Crippen LogP contribution in [0.25, 0.3) is 28.0 Å². The van der Waals surface area contributed by atoms with E-state index < -0.39 is 23.4 Å². The van der Waals surface area contributed by atoms with E-state index in [-0.39, 0.29) is 5.56 Å². The van der Waals surface area contributed by atoms with Gasteiger partial charge in [0, 0.05) is 23.4 Å². The largest absolute Gasteiger partial charge is 0.416 e. The molecule has 8 heteroatoms. The van der Waals surface area contributed by atoms with Gasteiger partial charge in [0.25, 0.3) is 0 Å². The van der Waals surface area contributed by atoms with Crippen molar-refractivity contribution in [1.82, 2.24) is 14.6 Å². The summed E-state index contributed by atoms with van der Waals surface area (Å²) >= 11 is 0. The van der Waals surface area contributed by atoms with E-state index in [1.54, 1.807) is 19.2 Å². The molecule has 2 heterocycles. The SMILES string of the molecule is Cc1nn2ccc(-c3ccc(C(F)(F)F)cc3)nc2c1-c1ccc(F)cc1F. The van der Waals surface area contributed by atoms with Gasteiger partial charge in [-0.05, 0) is 37.3 Å². The molecule has 2 aromatic heterocycles. The quantitative estimate of drug-likeness (QED) is 0.414. The van der Waals surface area contributed by atoms with Gasteiger partial charge in [-0.25, -0.2) is 18.3 Å². The van der Waals surface area contributed by atoms with Gasteiger partial charge >= 0.3 is 6.18 Å². The van der Waals surface area contributed by atoms with Crippen molar-refractivity contribution in [2.24, 2.45) is 0 Å². The molecule has 0 aliphatic rings. The van der Waals surface area contributed by atoms with Crippen LogP contribution in [0.4, 0.5) is 22.0 Å². The molecule has 0 atom stereocenters. The number of aromatic nitrogens is 3. The molecule has 0 fully saturated rings. The van der Waals surface area contributed by atoms with Crippen LogP contribution < -0.4 is 0 Å². The smallest absolute Gasteiger partial charge is 0.228 e. The minimum absolute atomic E-state index is 0.144. The lowest BCUT2D eigenvalue weighted by Gasteiger charge is -2.08. The molecule has 0 aliphatic carbocycles. The summed E-state index contributed by atoms with van der Waals surface area (Å²) in [5.41, 5.74) is 1.47. The molecule has 0 radical (unpaired) electrons. The molecule has 0 amide bonds. The van der Waals surface area contributed by atoms with E-state index in [1.807, 2.05) is 0 Å². The molecular weight excluding hydrogens is 377 g/mol. The summed E-state index contributed by atoms with van der Waals surface area (Å²) in [5, 5.41) is 4.28. The van der Waals surface area contributed by atoms with Crippen molar-refractivity contribution in [1.29, 1.82) is 0 Å². The average molecular weight is 389 g/mol. The maximum absolute atomic E-state index is 14.3. The summed E-state index contributed by atoms with van der Waals surface area (Å²) < 4.78 is 67.2. The third-order valence-corrected chi connectivity index (χ3v) is 4.37. The van der Waals surface area contributed by atoms with Crippen LogP contribution in [-0.2, 0) is 6.18 Å². The Hall–Kier alpha value is -3.29. The summed E-state index contributed by atoms with van der Waals surface area (Å²) in [6.45, 7) is 1.67. The average Bonchev–Trinajstić information content (AvgIpc) is 2.96. The van der Waals surface area contributed by atoms with Crippen LogP contribution in [0.5, 0.6) is 0 Å². The second-order valence-corrected chi connectivity index (χ2v) is 6.24. The van der Waals surface area contributed by atoms with Crippen molar-refractivity contribution in [3.05, 3.63) is 77.6 Å². The van der Waals surface area contributed by atoms with Gasteiger partial charge in [0.05, 0.1) is 22.5 Å². The van der Waals surface area contributed by atoms with Crippen molar-refractivity contribution in [2.45, 2.75) is 13.1 Å². The summed E-state index contributed by atoms with van der Waals surface area (Å²) in [6, 6.07) is 9.42. The molecule has 0 saturated heterocycles. The van der Waals surface area contributed by atoms with E-state index in [2.05, 4.69) is 10.1 Å². The summed E-state index contributed by atoms with van der Waals surface area (Å²) in [4.78, 5) is 4.46. The molecule has 0 aliphatic heterocycles. The van der Waals surface area contributed by atoms with Crippen molar-refractivity contribution in [3.63, 3.8) is 0 Å². The molecule has 4 aromatic rings. The summed E-state index contributed by atoms with van der Waals surface area (Å²) in [6.07, 6.45) is -2.83. The van der Waals surface area contributed by atoms with Crippen LogP contribution in [0.3, 0.4) is 0 Å². The Bertz CT molecular complexity index is 1180. The topological polar surface area (TPSA) is 30.2 Å². The fraction of sp³-hybridized carbons (Fsp3) is 0.100. The van der Waals surface area contributed by atoms with Gasteiger partial charge in [-0.2, -0.15) is 18.3 Å². The number of halogens is 5. The van der Waals surface area contributed by atoms with Crippen LogP contribution in [0.1, 0.15) is 11.3 Å². The van der Waals surface area contributed by atoms with Gasteiger partial charge in [-0.15, -0.1) is 0 Å². The molecule has 28 heavy (non-hydrogen) atoms. The van der Waals surface area contributed by atoms with E-state index in [0.717, 1.165) is 24.3 Å². The minimum Gasteiger partial charge on any atom is -0.228 e. The van der Waals surface area contributed by atoms with E-state index in [1.165, 1.54) is 22.7 Å². The highest BCUT2D eigenvalue weighted by molar-refractivity contribution is 5.81. The Morgan fingerprint density at radius 2 is 1.64 bits per heavy atom. The second kappa shape index (κ2) is 6.40. The molecule has 0 bridgehead atoms. The molecule has 0 saturated carbocycles. The Balaban J connectivity index is 1.85. The molecule has 3 nitrogen and oxygen atoms in total. The number of alkyl halides is 3. The monoisotopic (exact) mass is 389 g/mol. The van der Waals surface area contributed by atoms with E-state index >= 15 is 0 Å². The number of hydrogen-bond donors (Lipinski definition) is 0. The number of nitrogens with zero attached hydrogens (tertiary/aromatic N) is 3. The van der Waals surface area contributed by atoms with Gasteiger partial charge in [-0.1, -0.05) is 12.1 Å². The highest BCUT2D eigenvalue weighted by atomic mass is 19.4. The molecule has 4 rings (SSSR count). The Morgan fingerprint density at radius 3 is 2.29 bits per heavy atom. The van der Waals surface area contributed by atoms with Gasteiger partial charge in [-0.3, -0.25) is 0 Å². The normalized spacial score (nSPS) is 11.9. The van der Waals surface area contributed by atoms with Gasteiger partial charge in [0.2, 0.25) is 0 Å². The first-order valence-electron chi connectivity index (χ1n) is 8.23. The van der Waals surface area contributed by atoms with E-state index in [4.69, 9.17) is 0 Å². The first-order chi connectivity index (χ1) is 13.2. The van der Waals surface area contributed by atoms with Crippen LogP contribution in [0, 0.1) is 18.6 Å². The molecule has 0 unspecified atom stereocenters. The first-order valence-corrected chi connectivity index (χ1v) is 8.23. The standard InChI is InChI=1S/C20H12F5N3/c1-11-18(15-7-6-14(21)10-16(15)22)19-26-17(8-9-28(19)27-11)12-2-4-13(5-3-12)20(23,24)25/h2-10H,1H3. The first kappa shape index (κ1) is 18.1. The Morgan fingerprint density at radius 1 is 0.929 bits per heavy atom. The number of hydrogen-bond acceptors (Lipinski definition) is 2. The van der Waals surface area contributed by atoms with Gasteiger partial charge < -0.3 is 0 Å². The molecule has 0 spiro atoms. The lowest BCUT2D eigenvalue weighted by Crippen LogP contribution is -2.04. The number of aryl methyl sites for hydroxylation is 1. The van der Waals surface area contributed by atoms with Crippen molar-refractivity contribution >= 4 is 5.65 Å². The molecule has 142 valence electrons. The number of fused-ring (bicyclic) bond motifs is 1. The minimum atomic E-state index is -4.42. The van der Waals surface area contributed by atoms with E-state index in [0.29, 0.717) is 28.2 Å². The summed E-state index contributed by atoms with van der Waals surface area (Å²) in [7, 11) is 0. The van der Waals surface area contributed by atoms with Crippen molar-refractivity contribution < 1.29 is 22.0 Å². The Labute approximate surface area is 156 Å². The van der Waals surface area contributed by atoms with Crippen LogP contribution in [-0.4, -0.2) is 14.6 Å². The van der Waals surface area contributed by atoms with Crippen LogP contribution >= 0.6 is 0 Å². The summed E-state index contributed by atoms with van der Waals surface area (Å²) in [5.74, 6) is -1.45. The predicted octanol–water partition coefficient (Wildman–Crippen LogP) is 5.67. The zero-order chi connectivity index (χ0) is 20.1. The maximum atomic E-state index is 14.3. The lowest BCUT2D eigenvalue weighted by atomic mass is 10.0. The van der Waals surface area contributed by atoms with Gasteiger partial charge in [0.1, 0.15) is 11.6 Å². The van der Waals surface area contributed by atoms with Gasteiger partial charge in [0.15, 0.2) is 5.65 Å².